The number of hydrogen-bond acceptors (Lipinski definition) is 3. The fraction of sp³-hybridized carbons (Fsp3) is 0.200. The molecule has 0 saturated heterocycles. The van der Waals surface area contributed by atoms with Gasteiger partial charge >= 0.3 is 6.61 Å². The Labute approximate surface area is 120 Å². The third-order valence-electron chi connectivity index (χ3n) is 2.76. The van der Waals surface area contributed by atoms with E-state index in [4.69, 9.17) is 0 Å². The zero-order chi connectivity index (χ0) is 15.4. The number of ether oxygens (including phenoxy) is 1. The van der Waals surface area contributed by atoms with Gasteiger partial charge in [-0.1, -0.05) is 0 Å². The fourth-order valence-electron chi connectivity index (χ4n) is 1.87. The second-order valence-electron chi connectivity index (χ2n) is 4.52. The highest BCUT2D eigenvalue weighted by Gasteiger charge is 2.03. The molecule has 0 spiro atoms. The van der Waals surface area contributed by atoms with E-state index in [1.54, 1.807) is 19.1 Å². The van der Waals surface area contributed by atoms with Crippen LogP contribution in [-0.2, 0) is 0 Å². The molecule has 0 atom stereocenters. The van der Waals surface area contributed by atoms with Crippen molar-refractivity contribution in [3.05, 3.63) is 63.6 Å². The molecular formula is C15H14F2N2O2. The van der Waals surface area contributed by atoms with Gasteiger partial charge in [0.15, 0.2) is 0 Å². The van der Waals surface area contributed by atoms with Crippen molar-refractivity contribution in [3.8, 4) is 5.75 Å². The van der Waals surface area contributed by atoms with E-state index in [-0.39, 0.29) is 11.3 Å². The molecule has 0 bridgehead atoms. The number of aryl methyl sites for hydroxylation is 2. The molecule has 0 saturated carbocycles. The number of halogens is 2. The summed E-state index contributed by atoms with van der Waals surface area (Å²) in [6.45, 7) is 0.772. The second kappa shape index (κ2) is 6.30. The predicted molar refractivity (Wildman–Crippen MR) is 76.2 cm³/mol. The summed E-state index contributed by atoms with van der Waals surface area (Å²) < 4.78 is 29.6. The number of aromatic nitrogens is 1. The highest BCUT2D eigenvalue weighted by Crippen LogP contribution is 2.14. The van der Waals surface area contributed by atoms with E-state index < -0.39 is 6.61 Å². The Bertz CT molecular complexity index is 707. The topological polar surface area (TPSA) is 43.6 Å². The summed E-state index contributed by atoms with van der Waals surface area (Å²) in [6.07, 6.45) is 1.48. The van der Waals surface area contributed by atoms with Gasteiger partial charge in [0.1, 0.15) is 5.75 Å². The summed E-state index contributed by atoms with van der Waals surface area (Å²) in [5.74, 6) is 0.0748. The predicted octanol–water partition coefficient (Wildman–Crippen LogP) is 2.95. The van der Waals surface area contributed by atoms with Crippen LogP contribution in [0.3, 0.4) is 0 Å². The van der Waals surface area contributed by atoms with E-state index in [9.17, 15) is 13.6 Å². The number of nitrogens with zero attached hydrogens (tertiary/aromatic N) is 2. The number of hydrogen-bond donors (Lipinski definition) is 0. The molecule has 0 radical (unpaired) electrons. The van der Waals surface area contributed by atoms with E-state index in [0.717, 1.165) is 5.56 Å². The van der Waals surface area contributed by atoms with E-state index in [0.29, 0.717) is 11.3 Å². The number of alkyl halides is 2. The summed E-state index contributed by atoms with van der Waals surface area (Å²) in [4.78, 5) is 11.8. The molecule has 1 heterocycles. The average Bonchev–Trinajstić information content (AvgIpc) is 2.38. The van der Waals surface area contributed by atoms with Crippen molar-refractivity contribution in [2.75, 3.05) is 0 Å². The highest BCUT2D eigenvalue weighted by molar-refractivity contribution is 5.79. The summed E-state index contributed by atoms with van der Waals surface area (Å²) in [7, 11) is 0. The lowest BCUT2D eigenvalue weighted by Crippen LogP contribution is -2.18. The lowest BCUT2D eigenvalue weighted by molar-refractivity contribution is -0.0498. The molecule has 0 amide bonds. The summed E-state index contributed by atoms with van der Waals surface area (Å²) >= 11 is 0. The van der Waals surface area contributed by atoms with Gasteiger partial charge in [-0.3, -0.25) is 4.79 Å². The van der Waals surface area contributed by atoms with Crippen molar-refractivity contribution in [3.63, 3.8) is 0 Å². The molecule has 2 rings (SSSR count). The maximum Gasteiger partial charge on any atom is 0.387 e. The Hall–Kier alpha value is -2.50. The first-order valence-electron chi connectivity index (χ1n) is 6.25. The van der Waals surface area contributed by atoms with Gasteiger partial charge in [0.2, 0.25) is 0 Å². The van der Waals surface area contributed by atoms with Crippen LogP contribution in [0.4, 0.5) is 8.78 Å². The van der Waals surface area contributed by atoms with Crippen molar-refractivity contribution in [1.82, 2.24) is 4.68 Å². The Morgan fingerprint density at radius 3 is 2.43 bits per heavy atom. The van der Waals surface area contributed by atoms with Crippen LogP contribution in [0.5, 0.6) is 5.75 Å². The molecule has 0 unspecified atom stereocenters. The molecule has 0 aliphatic rings. The lowest BCUT2D eigenvalue weighted by Gasteiger charge is -2.05. The molecule has 1 aromatic carbocycles. The van der Waals surface area contributed by atoms with Crippen molar-refractivity contribution in [1.29, 1.82) is 0 Å². The van der Waals surface area contributed by atoms with E-state index >= 15 is 0 Å². The maximum atomic E-state index is 12.0. The first-order valence-corrected chi connectivity index (χ1v) is 6.25. The van der Waals surface area contributed by atoms with Gasteiger partial charge in [0.05, 0.1) is 6.21 Å². The van der Waals surface area contributed by atoms with Crippen LogP contribution in [0.25, 0.3) is 0 Å². The standard InChI is InChI=1S/C15H14F2N2O2/c1-10-7-11(2)19(14(20)8-10)18-9-12-3-5-13(6-4-12)21-15(16)17/h3-9,15H,1-2H3. The molecule has 0 aliphatic carbocycles. The van der Waals surface area contributed by atoms with E-state index in [2.05, 4.69) is 9.84 Å². The van der Waals surface area contributed by atoms with Gasteiger partial charge in [0, 0.05) is 11.8 Å². The van der Waals surface area contributed by atoms with Crippen molar-refractivity contribution in [2.45, 2.75) is 20.5 Å². The van der Waals surface area contributed by atoms with Crippen LogP contribution in [-0.4, -0.2) is 17.5 Å². The average molecular weight is 292 g/mol. The molecule has 110 valence electrons. The molecule has 0 N–H and O–H groups in total. The van der Waals surface area contributed by atoms with Gasteiger partial charge in [-0.15, -0.1) is 0 Å². The highest BCUT2D eigenvalue weighted by atomic mass is 19.3. The van der Waals surface area contributed by atoms with Crippen LogP contribution in [0.15, 0.2) is 46.3 Å². The third kappa shape index (κ3) is 3.98. The van der Waals surface area contributed by atoms with Gasteiger partial charge in [-0.25, -0.2) is 4.68 Å². The largest absolute Gasteiger partial charge is 0.435 e. The normalized spacial score (nSPS) is 11.3. The number of benzene rings is 1. The molecule has 6 heteroatoms. The molecule has 4 nitrogen and oxygen atoms in total. The van der Waals surface area contributed by atoms with Crippen molar-refractivity contribution < 1.29 is 13.5 Å². The minimum absolute atomic E-state index is 0.0748. The molecule has 21 heavy (non-hydrogen) atoms. The zero-order valence-corrected chi connectivity index (χ0v) is 11.6. The molecular weight excluding hydrogens is 278 g/mol. The SMILES string of the molecule is Cc1cc(C)n(N=Cc2ccc(OC(F)F)cc2)c(=O)c1. The monoisotopic (exact) mass is 292 g/mol. The first-order chi connectivity index (χ1) is 9.95. The fourth-order valence-corrected chi connectivity index (χ4v) is 1.87. The second-order valence-corrected chi connectivity index (χ2v) is 4.52. The van der Waals surface area contributed by atoms with Crippen LogP contribution in [0.1, 0.15) is 16.8 Å². The van der Waals surface area contributed by atoms with Gasteiger partial charge in [0.25, 0.3) is 5.56 Å². The summed E-state index contributed by atoms with van der Waals surface area (Å²) in [5, 5.41) is 4.10. The quantitative estimate of drug-likeness (QED) is 0.813. The van der Waals surface area contributed by atoms with E-state index in [1.807, 2.05) is 13.0 Å². The van der Waals surface area contributed by atoms with Gasteiger partial charge in [-0.2, -0.15) is 13.9 Å². The van der Waals surface area contributed by atoms with Crippen LogP contribution in [0, 0.1) is 13.8 Å². The number of rotatable bonds is 4. The maximum absolute atomic E-state index is 12.0. The lowest BCUT2D eigenvalue weighted by atomic mass is 10.2. The molecule has 2 aromatic rings. The zero-order valence-electron chi connectivity index (χ0n) is 11.6. The Morgan fingerprint density at radius 1 is 1.19 bits per heavy atom. The number of pyridine rings is 1. The minimum Gasteiger partial charge on any atom is -0.435 e. The van der Waals surface area contributed by atoms with Gasteiger partial charge in [-0.05, 0) is 55.3 Å². The Kier molecular flexibility index (Phi) is 4.47. The summed E-state index contributed by atoms with van der Waals surface area (Å²) in [5.41, 5.74) is 2.04. The van der Waals surface area contributed by atoms with Crippen molar-refractivity contribution >= 4 is 6.21 Å². The third-order valence-corrected chi connectivity index (χ3v) is 2.76. The van der Waals surface area contributed by atoms with Crippen LogP contribution >= 0.6 is 0 Å². The Morgan fingerprint density at radius 2 is 1.86 bits per heavy atom. The Balaban J connectivity index is 2.20. The van der Waals surface area contributed by atoms with Gasteiger partial charge < -0.3 is 4.74 Å². The smallest absolute Gasteiger partial charge is 0.387 e. The van der Waals surface area contributed by atoms with Crippen molar-refractivity contribution in [2.24, 2.45) is 5.10 Å². The van der Waals surface area contributed by atoms with Crippen LogP contribution < -0.4 is 10.3 Å². The van der Waals surface area contributed by atoms with E-state index in [1.165, 1.54) is 29.1 Å². The molecule has 0 aliphatic heterocycles. The van der Waals surface area contributed by atoms with Crippen LogP contribution in [0.2, 0.25) is 0 Å². The minimum atomic E-state index is -2.85. The first kappa shape index (κ1) is 14.9. The molecule has 0 fully saturated rings. The molecule has 1 aromatic heterocycles. The summed E-state index contributed by atoms with van der Waals surface area (Å²) in [6, 6.07) is 9.32.